The van der Waals surface area contributed by atoms with Gasteiger partial charge in [0.15, 0.2) is 0 Å². The Kier molecular flexibility index (Phi) is 4.36. The van der Waals surface area contributed by atoms with E-state index < -0.39 is 0 Å². The summed E-state index contributed by atoms with van der Waals surface area (Å²) in [4.78, 5) is 15.1. The first-order valence-electron chi connectivity index (χ1n) is 5.85. The minimum Gasteiger partial charge on any atom is -0.378 e. The number of hydrogen-bond donors (Lipinski definition) is 2. The number of anilines is 2. The number of pyridine rings is 1. The minimum atomic E-state index is -0.0909. The predicted molar refractivity (Wildman–Crippen MR) is 77.3 cm³/mol. The summed E-state index contributed by atoms with van der Waals surface area (Å²) >= 11 is 6.04. The van der Waals surface area contributed by atoms with Crippen LogP contribution >= 0.6 is 11.6 Å². The van der Waals surface area contributed by atoms with E-state index in [9.17, 15) is 4.79 Å². The summed E-state index contributed by atoms with van der Waals surface area (Å²) in [6.45, 7) is 2.05. The molecule has 2 aromatic rings. The Labute approximate surface area is 116 Å². The topological polar surface area (TPSA) is 54.0 Å². The highest BCUT2D eigenvalue weighted by Gasteiger charge is 2.04. The van der Waals surface area contributed by atoms with Crippen molar-refractivity contribution in [3.8, 4) is 0 Å². The lowest BCUT2D eigenvalue weighted by molar-refractivity contribution is -0.114. The van der Waals surface area contributed by atoms with E-state index in [1.165, 1.54) is 6.92 Å². The molecular formula is C14H14ClN3O. The van der Waals surface area contributed by atoms with Crippen molar-refractivity contribution in [3.05, 3.63) is 53.3 Å². The highest BCUT2D eigenvalue weighted by atomic mass is 35.5. The Morgan fingerprint density at radius 2 is 2.05 bits per heavy atom. The lowest BCUT2D eigenvalue weighted by atomic mass is 10.1. The van der Waals surface area contributed by atoms with Crippen LogP contribution in [0.1, 0.15) is 12.5 Å². The molecule has 5 heteroatoms. The van der Waals surface area contributed by atoms with Crippen molar-refractivity contribution < 1.29 is 4.79 Å². The van der Waals surface area contributed by atoms with Gasteiger partial charge in [0.2, 0.25) is 5.91 Å². The zero-order valence-electron chi connectivity index (χ0n) is 10.5. The van der Waals surface area contributed by atoms with Crippen molar-refractivity contribution in [2.24, 2.45) is 0 Å². The first-order chi connectivity index (χ1) is 9.16. The van der Waals surface area contributed by atoms with E-state index in [-0.39, 0.29) is 5.91 Å². The number of aromatic nitrogens is 1. The van der Waals surface area contributed by atoms with Gasteiger partial charge in [-0.25, -0.2) is 0 Å². The molecule has 0 spiro atoms. The smallest absolute Gasteiger partial charge is 0.221 e. The Hall–Kier alpha value is -2.07. The Morgan fingerprint density at radius 3 is 2.79 bits per heavy atom. The number of carbonyl (C=O) groups excluding carboxylic acids is 1. The van der Waals surface area contributed by atoms with Gasteiger partial charge < -0.3 is 10.6 Å². The molecule has 0 fully saturated rings. The molecule has 4 nitrogen and oxygen atoms in total. The number of benzene rings is 1. The monoisotopic (exact) mass is 275 g/mol. The van der Waals surface area contributed by atoms with Crippen molar-refractivity contribution in [3.63, 3.8) is 0 Å². The third-order valence-corrected chi connectivity index (χ3v) is 2.89. The number of para-hydroxylation sites is 1. The second-order valence-electron chi connectivity index (χ2n) is 4.05. The van der Waals surface area contributed by atoms with E-state index in [0.29, 0.717) is 11.6 Å². The van der Waals surface area contributed by atoms with Crippen LogP contribution < -0.4 is 10.6 Å². The summed E-state index contributed by atoms with van der Waals surface area (Å²) in [6, 6.07) is 9.34. The van der Waals surface area contributed by atoms with Crippen LogP contribution in [0, 0.1) is 0 Å². The van der Waals surface area contributed by atoms with Gasteiger partial charge in [-0.2, -0.15) is 0 Å². The number of nitrogens with one attached hydrogen (secondary N) is 2. The van der Waals surface area contributed by atoms with Crippen molar-refractivity contribution >= 4 is 28.9 Å². The highest BCUT2D eigenvalue weighted by Crippen LogP contribution is 2.22. The lowest BCUT2D eigenvalue weighted by Crippen LogP contribution is -2.10. The SMILES string of the molecule is CC(=O)Nc1ccccc1CNc1cnccc1Cl. The number of amides is 1. The molecule has 1 aromatic heterocycles. The highest BCUT2D eigenvalue weighted by molar-refractivity contribution is 6.33. The molecule has 1 amide bonds. The molecule has 1 heterocycles. The van der Waals surface area contributed by atoms with Crippen molar-refractivity contribution in [2.75, 3.05) is 10.6 Å². The van der Waals surface area contributed by atoms with Gasteiger partial charge in [0, 0.05) is 25.4 Å². The molecular weight excluding hydrogens is 262 g/mol. The van der Waals surface area contributed by atoms with Gasteiger partial charge in [-0.1, -0.05) is 29.8 Å². The first kappa shape index (κ1) is 13.4. The summed E-state index contributed by atoms with van der Waals surface area (Å²) in [7, 11) is 0. The van der Waals surface area contributed by atoms with E-state index >= 15 is 0 Å². The normalized spacial score (nSPS) is 10.0. The molecule has 0 aliphatic carbocycles. The lowest BCUT2D eigenvalue weighted by Gasteiger charge is -2.12. The average molecular weight is 276 g/mol. The summed E-state index contributed by atoms with van der Waals surface area (Å²) in [6.07, 6.45) is 3.31. The number of carbonyl (C=O) groups is 1. The van der Waals surface area contributed by atoms with E-state index in [2.05, 4.69) is 15.6 Å². The van der Waals surface area contributed by atoms with Crippen molar-refractivity contribution in [1.29, 1.82) is 0 Å². The molecule has 2 N–H and O–H groups in total. The maximum absolute atomic E-state index is 11.1. The quantitative estimate of drug-likeness (QED) is 0.900. The molecule has 2 rings (SSSR count). The number of nitrogens with zero attached hydrogens (tertiary/aromatic N) is 1. The molecule has 98 valence electrons. The molecule has 0 saturated carbocycles. The van der Waals surface area contributed by atoms with Crippen LogP contribution in [0.15, 0.2) is 42.7 Å². The van der Waals surface area contributed by atoms with Gasteiger partial charge >= 0.3 is 0 Å². The summed E-state index contributed by atoms with van der Waals surface area (Å²) < 4.78 is 0. The van der Waals surface area contributed by atoms with Gasteiger partial charge in [-0.05, 0) is 17.7 Å². The zero-order valence-corrected chi connectivity index (χ0v) is 11.2. The summed E-state index contributed by atoms with van der Waals surface area (Å²) in [5, 5.41) is 6.61. The molecule has 0 unspecified atom stereocenters. The van der Waals surface area contributed by atoms with E-state index in [0.717, 1.165) is 16.9 Å². The number of rotatable bonds is 4. The van der Waals surface area contributed by atoms with Gasteiger partial charge in [0.25, 0.3) is 0 Å². The summed E-state index contributed by atoms with van der Waals surface area (Å²) in [5.41, 5.74) is 2.54. The van der Waals surface area contributed by atoms with Crippen LogP contribution in [0.25, 0.3) is 0 Å². The fourth-order valence-electron chi connectivity index (χ4n) is 1.68. The Balaban J connectivity index is 2.11. The Morgan fingerprint density at radius 1 is 1.26 bits per heavy atom. The first-order valence-corrected chi connectivity index (χ1v) is 6.23. The number of halogens is 1. The standard InChI is InChI=1S/C14H14ClN3O/c1-10(19)18-13-5-3-2-4-11(13)8-17-14-9-16-7-6-12(14)15/h2-7,9,17H,8H2,1H3,(H,18,19). The average Bonchev–Trinajstić information content (AvgIpc) is 2.39. The van der Waals surface area contributed by atoms with Crippen LogP contribution in [0.3, 0.4) is 0 Å². The van der Waals surface area contributed by atoms with Crippen molar-refractivity contribution in [1.82, 2.24) is 4.98 Å². The molecule has 19 heavy (non-hydrogen) atoms. The number of hydrogen-bond acceptors (Lipinski definition) is 3. The third kappa shape index (κ3) is 3.69. The molecule has 0 aliphatic heterocycles. The van der Waals surface area contributed by atoms with Crippen LogP contribution in [-0.2, 0) is 11.3 Å². The van der Waals surface area contributed by atoms with E-state index in [1.54, 1.807) is 18.5 Å². The maximum atomic E-state index is 11.1. The van der Waals surface area contributed by atoms with Crippen LogP contribution in [-0.4, -0.2) is 10.9 Å². The molecule has 0 bridgehead atoms. The summed E-state index contributed by atoms with van der Waals surface area (Å²) in [5.74, 6) is -0.0909. The fraction of sp³-hybridized carbons (Fsp3) is 0.143. The third-order valence-electron chi connectivity index (χ3n) is 2.57. The minimum absolute atomic E-state index is 0.0909. The van der Waals surface area contributed by atoms with E-state index in [4.69, 9.17) is 11.6 Å². The second-order valence-corrected chi connectivity index (χ2v) is 4.45. The van der Waals surface area contributed by atoms with Crippen LogP contribution in [0.5, 0.6) is 0 Å². The van der Waals surface area contributed by atoms with Gasteiger partial charge in [0.05, 0.1) is 16.9 Å². The fourth-order valence-corrected chi connectivity index (χ4v) is 1.86. The molecule has 1 aromatic carbocycles. The van der Waals surface area contributed by atoms with Crippen LogP contribution in [0.2, 0.25) is 5.02 Å². The van der Waals surface area contributed by atoms with Gasteiger partial charge in [-0.3, -0.25) is 9.78 Å². The maximum Gasteiger partial charge on any atom is 0.221 e. The van der Waals surface area contributed by atoms with E-state index in [1.807, 2.05) is 24.3 Å². The molecule has 0 radical (unpaired) electrons. The zero-order chi connectivity index (χ0) is 13.7. The van der Waals surface area contributed by atoms with Gasteiger partial charge in [0.1, 0.15) is 0 Å². The van der Waals surface area contributed by atoms with Crippen molar-refractivity contribution in [2.45, 2.75) is 13.5 Å². The Bertz CT molecular complexity index is 586. The molecule has 0 atom stereocenters. The van der Waals surface area contributed by atoms with Gasteiger partial charge in [-0.15, -0.1) is 0 Å². The second kappa shape index (κ2) is 6.20. The molecule has 0 aliphatic rings. The molecule has 0 saturated heterocycles. The predicted octanol–water partition coefficient (Wildman–Crippen LogP) is 3.31. The largest absolute Gasteiger partial charge is 0.378 e. The van der Waals surface area contributed by atoms with Crippen LogP contribution in [0.4, 0.5) is 11.4 Å².